The first-order valence-corrected chi connectivity index (χ1v) is 6.40. The molecule has 20 heavy (non-hydrogen) atoms. The predicted octanol–water partition coefficient (Wildman–Crippen LogP) is 4.00. The smallest absolute Gasteiger partial charge is 0.419 e. The average molecular weight is 293 g/mol. The van der Waals surface area contributed by atoms with Crippen molar-refractivity contribution in [2.45, 2.75) is 38.9 Å². The van der Waals surface area contributed by atoms with Crippen LogP contribution in [-0.2, 0) is 6.18 Å². The first-order valence-electron chi connectivity index (χ1n) is 6.40. The van der Waals surface area contributed by atoms with Crippen molar-refractivity contribution in [3.63, 3.8) is 0 Å². The van der Waals surface area contributed by atoms with E-state index in [-0.39, 0.29) is 17.9 Å². The van der Waals surface area contributed by atoms with Gasteiger partial charge in [0, 0.05) is 12.1 Å². The van der Waals surface area contributed by atoms with Crippen molar-refractivity contribution < 1.29 is 22.3 Å². The Bertz CT molecular complexity index is 443. The van der Waals surface area contributed by atoms with Gasteiger partial charge < -0.3 is 10.1 Å². The summed E-state index contributed by atoms with van der Waals surface area (Å²) in [6, 6.07) is 2.64. The van der Waals surface area contributed by atoms with Gasteiger partial charge in [-0.15, -0.1) is 0 Å². The summed E-state index contributed by atoms with van der Waals surface area (Å²) in [7, 11) is 0. The van der Waals surface area contributed by atoms with E-state index in [1.807, 2.05) is 20.8 Å². The van der Waals surface area contributed by atoms with E-state index < -0.39 is 17.6 Å². The van der Waals surface area contributed by atoms with Crippen LogP contribution in [0, 0.1) is 5.82 Å². The van der Waals surface area contributed by atoms with E-state index in [0.29, 0.717) is 12.6 Å². The fourth-order valence-electron chi connectivity index (χ4n) is 1.49. The second-order valence-corrected chi connectivity index (χ2v) is 5.15. The van der Waals surface area contributed by atoms with Gasteiger partial charge in [0.05, 0.1) is 5.56 Å². The lowest BCUT2D eigenvalue weighted by Gasteiger charge is -2.24. The second kappa shape index (κ2) is 6.43. The summed E-state index contributed by atoms with van der Waals surface area (Å²) in [6.45, 7) is 6.79. The highest BCUT2D eigenvalue weighted by Crippen LogP contribution is 2.33. The van der Waals surface area contributed by atoms with Crippen LogP contribution in [0.2, 0.25) is 0 Å². The molecule has 0 spiro atoms. The zero-order valence-electron chi connectivity index (χ0n) is 11.8. The van der Waals surface area contributed by atoms with Crippen LogP contribution >= 0.6 is 0 Å². The summed E-state index contributed by atoms with van der Waals surface area (Å²) in [6.07, 6.45) is -3.80. The summed E-state index contributed by atoms with van der Waals surface area (Å²) >= 11 is 0. The number of benzene rings is 1. The summed E-state index contributed by atoms with van der Waals surface area (Å²) in [4.78, 5) is 0. The number of alkyl halides is 3. The number of nitrogens with one attached hydrogen (secondary N) is 1. The lowest BCUT2D eigenvalue weighted by atomic mass is 10.0. The van der Waals surface area contributed by atoms with Gasteiger partial charge in [0.2, 0.25) is 0 Å². The van der Waals surface area contributed by atoms with Gasteiger partial charge in [0.15, 0.2) is 0 Å². The van der Waals surface area contributed by atoms with Crippen molar-refractivity contribution in [2.24, 2.45) is 0 Å². The van der Waals surface area contributed by atoms with Crippen molar-refractivity contribution >= 4 is 0 Å². The maximum absolute atomic E-state index is 13.1. The Morgan fingerprint density at radius 3 is 2.40 bits per heavy atom. The van der Waals surface area contributed by atoms with Gasteiger partial charge >= 0.3 is 6.18 Å². The van der Waals surface area contributed by atoms with E-state index in [4.69, 9.17) is 4.74 Å². The van der Waals surface area contributed by atoms with Gasteiger partial charge in [-0.3, -0.25) is 0 Å². The summed E-state index contributed by atoms with van der Waals surface area (Å²) in [5.74, 6) is -1.29. The SMILES string of the molecule is CCC(C)(C)NCCOc1ccc(F)c(C(F)(F)F)c1. The maximum Gasteiger partial charge on any atom is 0.419 e. The topological polar surface area (TPSA) is 21.3 Å². The quantitative estimate of drug-likeness (QED) is 0.632. The lowest BCUT2D eigenvalue weighted by molar-refractivity contribution is -0.140. The number of hydrogen-bond donors (Lipinski definition) is 1. The molecule has 0 unspecified atom stereocenters. The Morgan fingerprint density at radius 2 is 1.85 bits per heavy atom. The molecule has 0 aliphatic rings. The van der Waals surface area contributed by atoms with Crippen LogP contribution in [0.25, 0.3) is 0 Å². The molecule has 1 N–H and O–H groups in total. The molecule has 0 aromatic heterocycles. The molecule has 0 bridgehead atoms. The molecular weight excluding hydrogens is 274 g/mol. The maximum atomic E-state index is 13.1. The van der Waals surface area contributed by atoms with Crippen LogP contribution in [0.4, 0.5) is 17.6 Å². The van der Waals surface area contributed by atoms with Crippen molar-refractivity contribution in [1.29, 1.82) is 0 Å². The first kappa shape index (κ1) is 16.8. The Morgan fingerprint density at radius 1 is 1.20 bits per heavy atom. The Balaban J connectivity index is 2.58. The van der Waals surface area contributed by atoms with E-state index in [1.165, 1.54) is 6.07 Å². The van der Waals surface area contributed by atoms with Crippen LogP contribution in [0.15, 0.2) is 18.2 Å². The molecule has 0 saturated heterocycles. The highest BCUT2D eigenvalue weighted by Gasteiger charge is 2.34. The molecule has 2 nitrogen and oxygen atoms in total. The molecule has 0 aliphatic heterocycles. The standard InChI is InChI=1S/C14H19F4NO/c1-4-13(2,3)19-7-8-20-10-5-6-12(15)11(9-10)14(16,17)18/h5-6,9,19H,4,7-8H2,1-3H3. The Kier molecular flexibility index (Phi) is 5.39. The van der Waals surface area contributed by atoms with E-state index in [9.17, 15) is 17.6 Å². The number of halogens is 4. The second-order valence-electron chi connectivity index (χ2n) is 5.15. The number of ether oxygens (including phenoxy) is 1. The molecule has 114 valence electrons. The largest absolute Gasteiger partial charge is 0.492 e. The third kappa shape index (κ3) is 5.00. The summed E-state index contributed by atoms with van der Waals surface area (Å²) in [5, 5.41) is 3.21. The highest BCUT2D eigenvalue weighted by atomic mass is 19.4. The third-order valence-corrected chi connectivity index (χ3v) is 3.10. The van der Waals surface area contributed by atoms with Gasteiger partial charge in [0.25, 0.3) is 0 Å². The predicted molar refractivity (Wildman–Crippen MR) is 69.3 cm³/mol. The van der Waals surface area contributed by atoms with Crippen molar-refractivity contribution in [3.8, 4) is 5.75 Å². The highest BCUT2D eigenvalue weighted by molar-refractivity contribution is 5.31. The molecule has 0 fully saturated rings. The minimum absolute atomic E-state index is 0.00910. The number of hydrogen-bond acceptors (Lipinski definition) is 2. The van der Waals surface area contributed by atoms with Crippen molar-refractivity contribution in [1.82, 2.24) is 5.32 Å². The zero-order chi connectivity index (χ0) is 15.4. The molecular formula is C14H19F4NO. The van der Waals surface area contributed by atoms with Crippen LogP contribution in [-0.4, -0.2) is 18.7 Å². The van der Waals surface area contributed by atoms with Crippen LogP contribution in [0.3, 0.4) is 0 Å². The van der Waals surface area contributed by atoms with Crippen LogP contribution in [0.5, 0.6) is 5.75 Å². The molecule has 0 heterocycles. The monoisotopic (exact) mass is 293 g/mol. The molecule has 0 saturated carbocycles. The Hall–Kier alpha value is -1.30. The van der Waals surface area contributed by atoms with Crippen LogP contribution in [0.1, 0.15) is 32.8 Å². The van der Waals surface area contributed by atoms with E-state index in [0.717, 1.165) is 12.5 Å². The third-order valence-electron chi connectivity index (χ3n) is 3.10. The summed E-state index contributed by atoms with van der Waals surface area (Å²) < 4.78 is 55.8. The van der Waals surface area contributed by atoms with Crippen LogP contribution < -0.4 is 10.1 Å². The van der Waals surface area contributed by atoms with Gasteiger partial charge in [-0.25, -0.2) is 4.39 Å². The minimum Gasteiger partial charge on any atom is -0.492 e. The van der Waals surface area contributed by atoms with Gasteiger partial charge in [-0.05, 0) is 38.5 Å². The summed E-state index contributed by atoms with van der Waals surface area (Å²) in [5.41, 5.74) is -1.36. The molecule has 1 rings (SSSR count). The molecule has 1 aromatic rings. The Labute approximate surface area is 116 Å². The van der Waals surface area contributed by atoms with E-state index in [2.05, 4.69) is 5.32 Å². The van der Waals surface area contributed by atoms with Gasteiger partial charge in [-0.2, -0.15) is 13.2 Å². The molecule has 6 heteroatoms. The molecule has 0 amide bonds. The normalized spacial score (nSPS) is 12.6. The molecule has 1 aromatic carbocycles. The lowest BCUT2D eigenvalue weighted by Crippen LogP contribution is -2.40. The van der Waals surface area contributed by atoms with Gasteiger partial charge in [-0.1, -0.05) is 6.92 Å². The molecule has 0 radical (unpaired) electrons. The fourth-order valence-corrected chi connectivity index (χ4v) is 1.49. The minimum atomic E-state index is -4.72. The molecule has 0 aliphatic carbocycles. The van der Waals surface area contributed by atoms with Crippen molar-refractivity contribution in [2.75, 3.05) is 13.2 Å². The van der Waals surface area contributed by atoms with Gasteiger partial charge in [0.1, 0.15) is 18.2 Å². The first-order chi connectivity index (χ1) is 9.15. The average Bonchev–Trinajstić information content (AvgIpc) is 2.35. The van der Waals surface area contributed by atoms with E-state index in [1.54, 1.807) is 0 Å². The fraction of sp³-hybridized carbons (Fsp3) is 0.571. The zero-order valence-corrected chi connectivity index (χ0v) is 11.8. The van der Waals surface area contributed by atoms with E-state index >= 15 is 0 Å². The van der Waals surface area contributed by atoms with Crippen molar-refractivity contribution in [3.05, 3.63) is 29.6 Å². The number of rotatable bonds is 6. The molecule has 0 atom stereocenters.